The van der Waals surface area contributed by atoms with Gasteiger partial charge in [0, 0.05) is 53.4 Å². The smallest absolute Gasteiger partial charge is 0.256 e. The van der Waals surface area contributed by atoms with Crippen molar-refractivity contribution in [3.8, 4) is 0 Å². The minimum Gasteiger partial charge on any atom is -0.378 e. The van der Waals surface area contributed by atoms with Crippen molar-refractivity contribution in [3.63, 3.8) is 0 Å². The summed E-state index contributed by atoms with van der Waals surface area (Å²) >= 11 is 6.08. The minimum absolute atomic E-state index is 0.0609. The summed E-state index contributed by atoms with van der Waals surface area (Å²) in [4.78, 5) is 28.4. The fourth-order valence-corrected chi connectivity index (χ4v) is 3.91. The fourth-order valence-electron chi connectivity index (χ4n) is 3.72. The lowest BCUT2D eigenvalue weighted by molar-refractivity contribution is -0.379. The molecule has 0 bridgehead atoms. The molecule has 2 aromatic carbocycles. The highest BCUT2D eigenvalue weighted by Crippen LogP contribution is 2.28. The number of rotatable bonds is 3. The molecule has 0 atom stereocenters. The number of nitrogens with zero attached hydrogens (tertiary/aromatic N) is 2. The van der Waals surface area contributed by atoms with E-state index in [1.165, 1.54) is 5.56 Å². The number of nitroso groups, excluding NO2 is 1. The first-order chi connectivity index (χ1) is 13.2. The van der Waals surface area contributed by atoms with Crippen LogP contribution in [0.1, 0.15) is 21.5 Å². The highest BCUT2D eigenvalue weighted by Gasteiger charge is 2.27. The highest BCUT2D eigenvalue weighted by molar-refractivity contribution is 6.30. The maximum Gasteiger partial charge on any atom is 0.256 e. The molecule has 1 amide bonds. The predicted octanol–water partition coefficient (Wildman–Crippen LogP) is 1.85. The first-order valence-electron chi connectivity index (χ1n) is 9.07. The lowest BCUT2D eigenvalue weighted by Gasteiger charge is -2.33. The summed E-state index contributed by atoms with van der Waals surface area (Å²) in [7, 11) is 0. The van der Waals surface area contributed by atoms with Crippen LogP contribution in [0, 0.1) is 4.91 Å². The Morgan fingerprint density at radius 3 is 2.63 bits per heavy atom. The minimum atomic E-state index is -0.0609. The number of amides is 1. The third-order valence-electron chi connectivity index (χ3n) is 5.16. The number of fused-ring (bicyclic) bond motifs is 1. The number of hydrogen-bond donors (Lipinski definition) is 1. The standard InChI is InChI=1S/C20H20ClN3O3/c21-16-2-1-15-13-24(6-5-14(15)11-16)20(25)18-12-17(22-26)3-4-19(18)23-7-9-27-10-8-23/h1-4,11-12H,5-10,13H2/p+1. The van der Waals surface area contributed by atoms with E-state index in [0.717, 1.165) is 35.8 Å². The number of carbonyl (C=O) groups is 1. The normalized spacial score (nSPS) is 16.8. The van der Waals surface area contributed by atoms with E-state index in [1.54, 1.807) is 12.1 Å². The molecule has 2 aromatic rings. The Balaban J connectivity index is 1.64. The molecule has 0 aromatic heterocycles. The number of benzene rings is 2. The van der Waals surface area contributed by atoms with Crippen LogP contribution in [0.2, 0.25) is 5.02 Å². The van der Waals surface area contributed by atoms with Gasteiger partial charge >= 0.3 is 0 Å². The molecule has 27 heavy (non-hydrogen) atoms. The first-order valence-corrected chi connectivity index (χ1v) is 9.45. The topological polar surface area (TPSA) is 63.8 Å². The van der Waals surface area contributed by atoms with Crippen molar-refractivity contribution in [1.82, 2.24) is 4.90 Å². The van der Waals surface area contributed by atoms with Gasteiger partial charge in [-0.05, 0) is 35.7 Å². The largest absolute Gasteiger partial charge is 0.378 e. The number of anilines is 1. The molecule has 2 heterocycles. The van der Waals surface area contributed by atoms with Gasteiger partial charge in [-0.1, -0.05) is 17.7 Å². The number of hydrogen-bond acceptors (Lipinski definition) is 4. The van der Waals surface area contributed by atoms with Crippen molar-refractivity contribution < 1.29 is 14.7 Å². The summed E-state index contributed by atoms with van der Waals surface area (Å²) in [5.74, 6) is -0.0609. The molecule has 0 saturated carbocycles. The molecule has 1 N–H and O–H groups in total. The van der Waals surface area contributed by atoms with Gasteiger partial charge in [0.2, 0.25) is 0 Å². The van der Waals surface area contributed by atoms with E-state index in [9.17, 15) is 9.70 Å². The number of ether oxygens (including phenoxy) is 1. The van der Waals surface area contributed by atoms with E-state index < -0.39 is 0 Å². The van der Waals surface area contributed by atoms with Crippen LogP contribution >= 0.6 is 11.6 Å². The molecule has 7 heteroatoms. The van der Waals surface area contributed by atoms with Crippen molar-refractivity contribution in [3.05, 3.63) is 63.0 Å². The predicted molar refractivity (Wildman–Crippen MR) is 103 cm³/mol. The van der Waals surface area contributed by atoms with Crippen LogP contribution in [0.5, 0.6) is 0 Å². The quantitative estimate of drug-likeness (QED) is 0.874. The molecule has 0 spiro atoms. The molecule has 1 saturated heterocycles. The maximum absolute atomic E-state index is 13.3. The number of morpholine rings is 1. The van der Waals surface area contributed by atoms with Gasteiger partial charge in [0.1, 0.15) is 0 Å². The van der Waals surface area contributed by atoms with Gasteiger partial charge in [-0.15, -0.1) is 0 Å². The summed E-state index contributed by atoms with van der Waals surface area (Å²) in [6.45, 7) is 3.89. The molecule has 140 valence electrons. The molecule has 4 rings (SSSR count). The summed E-state index contributed by atoms with van der Waals surface area (Å²) in [5.41, 5.74) is 4.10. The Labute approximate surface area is 162 Å². The van der Waals surface area contributed by atoms with Crippen molar-refractivity contribution in [2.45, 2.75) is 13.0 Å². The van der Waals surface area contributed by atoms with Crippen molar-refractivity contribution in [1.29, 1.82) is 0 Å². The van der Waals surface area contributed by atoms with Gasteiger partial charge in [0.05, 0.1) is 24.5 Å². The van der Waals surface area contributed by atoms with Crippen LogP contribution in [0.25, 0.3) is 0 Å². The lowest BCUT2D eigenvalue weighted by Crippen LogP contribution is -2.55. The van der Waals surface area contributed by atoms with Crippen molar-refractivity contribution in [2.24, 2.45) is 0 Å². The van der Waals surface area contributed by atoms with Gasteiger partial charge in [0.15, 0.2) is 0 Å². The lowest BCUT2D eigenvalue weighted by atomic mass is 9.98. The van der Waals surface area contributed by atoms with Crippen molar-refractivity contribution >= 4 is 28.9 Å². The Bertz CT molecular complexity index is 881. The molecular formula is C20H21ClN3O3+. The second-order valence-corrected chi connectivity index (χ2v) is 7.26. The van der Waals surface area contributed by atoms with Gasteiger partial charge in [-0.3, -0.25) is 4.79 Å². The van der Waals surface area contributed by atoms with E-state index >= 15 is 0 Å². The SMILES string of the molecule is O=[NH+]c1ccc(N2CCOCC2)c(C(=O)N2CCc3cc(Cl)ccc3C2)c1. The second kappa shape index (κ2) is 7.66. The highest BCUT2D eigenvalue weighted by atomic mass is 35.5. The summed E-state index contributed by atoms with van der Waals surface area (Å²) in [6, 6.07) is 11.0. The maximum atomic E-state index is 13.3. The van der Waals surface area contributed by atoms with E-state index in [2.05, 4.69) is 4.90 Å². The zero-order chi connectivity index (χ0) is 18.8. The summed E-state index contributed by atoms with van der Waals surface area (Å²) in [5, 5.41) is 2.62. The monoisotopic (exact) mass is 386 g/mol. The molecule has 0 unspecified atom stereocenters. The van der Waals surface area contributed by atoms with Gasteiger partial charge < -0.3 is 14.5 Å². The number of nitrogens with one attached hydrogen (secondary N) is 1. The summed E-state index contributed by atoms with van der Waals surface area (Å²) in [6.07, 6.45) is 0.772. The third-order valence-corrected chi connectivity index (χ3v) is 5.40. The van der Waals surface area contributed by atoms with Crippen LogP contribution in [0.15, 0.2) is 36.4 Å². The van der Waals surface area contributed by atoms with Gasteiger partial charge in [0.25, 0.3) is 11.6 Å². The Kier molecular flexibility index (Phi) is 5.09. The molecule has 0 aliphatic carbocycles. The zero-order valence-electron chi connectivity index (χ0n) is 14.9. The van der Waals surface area contributed by atoms with Crippen molar-refractivity contribution in [2.75, 3.05) is 37.7 Å². The van der Waals surface area contributed by atoms with Gasteiger partial charge in [-0.25, -0.2) is 0 Å². The van der Waals surface area contributed by atoms with E-state index in [4.69, 9.17) is 16.3 Å². The van der Waals surface area contributed by atoms with Crippen LogP contribution in [0.3, 0.4) is 0 Å². The molecule has 6 nitrogen and oxygen atoms in total. The van der Waals surface area contributed by atoms with Crippen LogP contribution in [-0.2, 0) is 17.7 Å². The first kappa shape index (κ1) is 17.9. The number of halogens is 1. The Hall–Kier alpha value is -2.44. The second-order valence-electron chi connectivity index (χ2n) is 6.82. The number of carbonyl (C=O) groups excluding carboxylic acids is 1. The van der Waals surface area contributed by atoms with E-state index in [0.29, 0.717) is 37.6 Å². The molecule has 2 aliphatic heterocycles. The van der Waals surface area contributed by atoms with E-state index in [-0.39, 0.29) is 5.91 Å². The average molecular weight is 387 g/mol. The van der Waals surface area contributed by atoms with Gasteiger partial charge in [-0.2, -0.15) is 0 Å². The Morgan fingerprint density at radius 1 is 1.04 bits per heavy atom. The fraction of sp³-hybridized carbons (Fsp3) is 0.350. The Morgan fingerprint density at radius 2 is 1.85 bits per heavy atom. The zero-order valence-corrected chi connectivity index (χ0v) is 15.7. The van der Waals surface area contributed by atoms with E-state index in [1.807, 2.05) is 34.3 Å². The van der Waals surface area contributed by atoms with Crippen LogP contribution in [-0.4, -0.2) is 43.7 Å². The van der Waals surface area contributed by atoms with Crippen LogP contribution < -0.4 is 10.1 Å². The summed E-state index contributed by atoms with van der Waals surface area (Å²) < 4.78 is 5.42. The molecule has 2 aliphatic rings. The molecule has 1 fully saturated rings. The molecular weight excluding hydrogens is 366 g/mol. The molecule has 0 radical (unpaired) electrons. The van der Waals surface area contributed by atoms with Crippen LogP contribution in [0.4, 0.5) is 11.4 Å². The average Bonchev–Trinajstić information content (AvgIpc) is 2.73. The third kappa shape index (κ3) is 3.68.